The lowest BCUT2D eigenvalue weighted by molar-refractivity contribution is -0.0624. The first-order valence-corrected chi connectivity index (χ1v) is 7.86. The van der Waals surface area contributed by atoms with E-state index in [0.29, 0.717) is 5.56 Å². The van der Waals surface area contributed by atoms with Crippen molar-refractivity contribution in [3.63, 3.8) is 0 Å². The van der Waals surface area contributed by atoms with Gasteiger partial charge in [-0.15, -0.1) is 23.5 Å². The van der Waals surface area contributed by atoms with Crippen LogP contribution in [0.15, 0.2) is 29.2 Å². The molecule has 0 saturated carbocycles. The van der Waals surface area contributed by atoms with E-state index in [1.54, 1.807) is 24.3 Å². The van der Waals surface area contributed by atoms with Crippen molar-refractivity contribution >= 4 is 23.5 Å². The topological polar surface area (TPSA) is 105 Å². The van der Waals surface area contributed by atoms with Gasteiger partial charge < -0.3 is 20.4 Å². The Balaban J connectivity index is 2.09. The van der Waals surface area contributed by atoms with Crippen molar-refractivity contribution in [1.82, 2.24) is 0 Å². The van der Waals surface area contributed by atoms with E-state index < -0.39 is 28.1 Å². The first-order chi connectivity index (χ1) is 9.56. The summed E-state index contributed by atoms with van der Waals surface area (Å²) in [6.07, 6.45) is -3.50. The molecule has 2 rings (SSSR count). The molecule has 20 heavy (non-hydrogen) atoms. The van der Waals surface area contributed by atoms with Crippen LogP contribution in [-0.2, 0) is 0 Å². The largest absolute Gasteiger partial charge is 0.395 e. The van der Waals surface area contributed by atoms with Gasteiger partial charge in [-0.25, -0.2) is 0 Å². The van der Waals surface area contributed by atoms with E-state index in [1.165, 1.54) is 23.5 Å². The molecule has 0 aliphatic carbocycles. The summed E-state index contributed by atoms with van der Waals surface area (Å²) in [6.45, 7) is -0.264. The number of hydrogen-bond acceptors (Lipinski definition) is 7. The second-order valence-electron chi connectivity index (χ2n) is 4.45. The Bertz CT molecular complexity index is 488. The molecule has 0 bridgehead atoms. The minimum absolute atomic E-state index is 0.264. The highest BCUT2D eigenvalue weighted by Crippen LogP contribution is 2.41. The first-order valence-electron chi connectivity index (χ1n) is 6.04. The highest BCUT2D eigenvalue weighted by atomic mass is 32.2. The number of aliphatic hydroxyl groups excluding tert-OH is 4. The fourth-order valence-electron chi connectivity index (χ4n) is 1.91. The molecule has 1 aliphatic heterocycles. The van der Waals surface area contributed by atoms with Gasteiger partial charge in [-0.05, 0) is 24.3 Å². The Kier molecular flexibility index (Phi) is 5.32. The molecule has 7 heteroatoms. The van der Waals surface area contributed by atoms with Crippen molar-refractivity contribution in [3.05, 3.63) is 29.8 Å². The van der Waals surface area contributed by atoms with Crippen molar-refractivity contribution in [2.24, 2.45) is 0 Å². The van der Waals surface area contributed by atoms with Gasteiger partial charge in [0.25, 0.3) is 0 Å². The third-order valence-corrected chi connectivity index (χ3v) is 6.09. The number of aliphatic hydroxyl groups is 4. The predicted molar refractivity (Wildman–Crippen MR) is 77.3 cm³/mol. The molecular weight excluding hydrogens is 298 g/mol. The zero-order chi connectivity index (χ0) is 14.7. The van der Waals surface area contributed by atoms with E-state index in [4.69, 9.17) is 5.26 Å². The Morgan fingerprint density at radius 1 is 1.10 bits per heavy atom. The smallest absolute Gasteiger partial charge is 0.109 e. The number of nitriles is 1. The zero-order valence-electron chi connectivity index (χ0n) is 10.5. The predicted octanol–water partition coefficient (Wildman–Crippen LogP) is 0.167. The number of nitrogens with zero attached hydrogens (tertiary/aromatic N) is 1. The molecule has 0 spiro atoms. The molecule has 1 aliphatic rings. The molecule has 1 saturated heterocycles. The van der Waals surface area contributed by atoms with Crippen molar-refractivity contribution < 1.29 is 20.4 Å². The molecule has 0 radical (unpaired) electrons. The molecule has 0 unspecified atom stereocenters. The van der Waals surface area contributed by atoms with E-state index in [1.807, 2.05) is 6.07 Å². The lowest BCUT2D eigenvalue weighted by Gasteiger charge is -2.39. The van der Waals surface area contributed by atoms with E-state index in [-0.39, 0.29) is 6.61 Å². The highest BCUT2D eigenvalue weighted by Gasteiger charge is 2.43. The van der Waals surface area contributed by atoms with Gasteiger partial charge in [-0.2, -0.15) is 5.26 Å². The molecule has 4 N–H and O–H groups in total. The first kappa shape index (κ1) is 15.6. The molecule has 5 atom stereocenters. The maximum Gasteiger partial charge on any atom is 0.109 e. The van der Waals surface area contributed by atoms with Crippen LogP contribution in [0, 0.1) is 11.3 Å². The number of benzene rings is 1. The van der Waals surface area contributed by atoms with E-state index >= 15 is 0 Å². The average molecular weight is 313 g/mol. The number of rotatable bonds is 3. The quantitative estimate of drug-likeness (QED) is 0.630. The number of thioether (sulfide) groups is 2. The summed E-state index contributed by atoms with van der Waals surface area (Å²) in [7, 11) is 0. The van der Waals surface area contributed by atoms with Gasteiger partial charge in [-0.1, -0.05) is 0 Å². The Morgan fingerprint density at radius 2 is 1.75 bits per heavy atom. The summed E-state index contributed by atoms with van der Waals surface area (Å²) < 4.78 is -0.390. The molecule has 0 aromatic heterocycles. The zero-order valence-corrected chi connectivity index (χ0v) is 12.1. The lowest BCUT2D eigenvalue weighted by Crippen LogP contribution is -2.53. The van der Waals surface area contributed by atoms with Gasteiger partial charge in [0.2, 0.25) is 0 Å². The second-order valence-corrected chi connectivity index (χ2v) is 7.35. The van der Waals surface area contributed by atoms with Crippen LogP contribution in [0.1, 0.15) is 5.56 Å². The lowest BCUT2D eigenvalue weighted by atomic mass is 10.1. The summed E-state index contributed by atoms with van der Waals surface area (Å²) in [4.78, 5) is 0.848. The molecule has 1 heterocycles. The maximum absolute atomic E-state index is 10.00. The van der Waals surface area contributed by atoms with Gasteiger partial charge in [0.15, 0.2) is 0 Å². The average Bonchev–Trinajstić information content (AvgIpc) is 2.48. The summed E-state index contributed by atoms with van der Waals surface area (Å²) in [5.41, 5.74) is 0.551. The summed E-state index contributed by atoms with van der Waals surface area (Å²) in [5.74, 6) is 0. The highest BCUT2D eigenvalue weighted by molar-refractivity contribution is 8.17. The fraction of sp³-hybridized carbons (Fsp3) is 0.462. The molecular formula is C13H15NO4S2. The van der Waals surface area contributed by atoms with Crippen LogP contribution in [-0.4, -0.2) is 55.2 Å². The second kappa shape index (κ2) is 6.80. The maximum atomic E-state index is 10.00. The van der Waals surface area contributed by atoms with Gasteiger partial charge in [0.05, 0.1) is 34.2 Å². The number of hydrogen-bond donors (Lipinski definition) is 4. The third-order valence-electron chi connectivity index (χ3n) is 3.08. The monoisotopic (exact) mass is 313 g/mol. The van der Waals surface area contributed by atoms with E-state index in [0.717, 1.165) is 4.90 Å². The SMILES string of the molecule is N#Cc1ccc(S[C@@H]2S[C@H](CO)[C@@H](O)[C@H](O)[C@H]2O)cc1. The van der Waals surface area contributed by atoms with Gasteiger partial charge in [0.1, 0.15) is 12.2 Å². The van der Waals surface area contributed by atoms with Crippen LogP contribution < -0.4 is 0 Å². The van der Waals surface area contributed by atoms with Crippen molar-refractivity contribution in [2.45, 2.75) is 33.0 Å². The van der Waals surface area contributed by atoms with Crippen LogP contribution in [0.25, 0.3) is 0 Å². The van der Waals surface area contributed by atoms with Gasteiger partial charge >= 0.3 is 0 Å². The van der Waals surface area contributed by atoms with Crippen molar-refractivity contribution in [2.75, 3.05) is 6.61 Å². The summed E-state index contributed by atoms with van der Waals surface area (Å²) in [5, 5.41) is 46.9. The van der Waals surface area contributed by atoms with Crippen LogP contribution in [0.4, 0.5) is 0 Å². The van der Waals surface area contributed by atoms with Crippen molar-refractivity contribution in [3.8, 4) is 6.07 Å². The summed E-state index contributed by atoms with van der Waals surface area (Å²) >= 11 is 2.58. The third kappa shape index (κ3) is 3.28. The fourth-order valence-corrected chi connectivity index (χ4v) is 4.83. The molecule has 1 aromatic carbocycles. The summed E-state index contributed by atoms with van der Waals surface area (Å²) in [6, 6.07) is 8.91. The molecule has 108 valence electrons. The van der Waals surface area contributed by atoms with Crippen LogP contribution in [0.3, 0.4) is 0 Å². The molecule has 1 aromatic rings. The normalized spacial score (nSPS) is 33.6. The molecule has 0 amide bonds. The van der Waals surface area contributed by atoms with Crippen LogP contribution in [0.5, 0.6) is 0 Å². The van der Waals surface area contributed by atoms with Gasteiger partial charge in [-0.3, -0.25) is 0 Å². The van der Waals surface area contributed by atoms with Crippen LogP contribution in [0.2, 0.25) is 0 Å². The Morgan fingerprint density at radius 3 is 2.30 bits per heavy atom. The van der Waals surface area contributed by atoms with Crippen molar-refractivity contribution in [1.29, 1.82) is 5.26 Å². The molecule has 1 fully saturated rings. The van der Waals surface area contributed by atoms with E-state index in [2.05, 4.69) is 0 Å². The van der Waals surface area contributed by atoms with Crippen LogP contribution >= 0.6 is 23.5 Å². The standard InChI is InChI=1S/C13H15NO4S2/c14-5-7-1-3-8(4-2-7)19-13-12(18)11(17)10(16)9(6-15)20-13/h1-4,9-13,15-18H,6H2/t9-,10-,11+,12-,13-/m1/s1. The minimum atomic E-state index is -1.27. The van der Waals surface area contributed by atoms with E-state index in [9.17, 15) is 20.4 Å². The van der Waals surface area contributed by atoms with Gasteiger partial charge in [0, 0.05) is 4.90 Å². The minimum Gasteiger partial charge on any atom is -0.395 e. The Hall–Kier alpha value is -0.750. The molecule has 5 nitrogen and oxygen atoms in total. The Labute approximate surface area is 125 Å².